The number of hydrogen-bond donors (Lipinski definition) is 1. The van der Waals surface area contributed by atoms with Crippen LogP contribution in [-0.2, 0) is 6.54 Å². The highest BCUT2D eigenvalue weighted by atomic mass is 16.3. The van der Waals surface area contributed by atoms with Crippen LogP contribution < -0.4 is 0 Å². The maximum Gasteiger partial charge on any atom is 0.257 e. The Bertz CT molecular complexity index is 1370. The molecule has 0 saturated carbocycles. The largest absolute Gasteiger partial charge is 0.507 e. The first kappa shape index (κ1) is 23.4. The summed E-state index contributed by atoms with van der Waals surface area (Å²) in [5.41, 5.74) is 4.62. The van der Waals surface area contributed by atoms with E-state index in [4.69, 9.17) is 5.10 Å². The molecule has 1 N–H and O–H groups in total. The quantitative estimate of drug-likeness (QED) is 0.464. The number of carbonyl (C=O) groups is 2. The molecular formula is C29H28N4O3. The Morgan fingerprint density at radius 3 is 2.00 bits per heavy atom. The molecule has 0 bridgehead atoms. The van der Waals surface area contributed by atoms with Crippen LogP contribution >= 0.6 is 0 Å². The molecule has 36 heavy (non-hydrogen) atoms. The monoisotopic (exact) mass is 480 g/mol. The number of aryl methyl sites for hydroxylation is 1. The van der Waals surface area contributed by atoms with Crippen LogP contribution in [0, 0.1) is 6.92 Å². The smallest absolute Gasteiger partial charge is 0.257 e. The lowest BCUT2D eigenvalue weighted by Crippen LogP contribution is -2.50. The molecule has 1 aliphatic rings. The summed E-state index contributed by atoms with van der Waals surface area (Å²) >= 11 is 0. The standard InChI is InChI=1S/C29H28N4O3/c1-21-11-13-23(14-12-21)27-25(20-33(30-27)19-22-7-3-2-4-8-22)29(36)32-17-15-31(16-18-32)28(35)24-9-5-6-10-26(24)34/h2-14,20,34H,15-19H2,1H3. The third-order valence-electron chi connectivity index (χ3n) is 6.49. The Hall–Kier alpha value is -4.39. The molecule has 0 radical (unpaired) electrons. The zero-order valence-corrected chi connectivity index (χ0v) is 20.2. The first-order valence-electron chi connectivity index (χ1n) is 12.0. The number of hydrogen-bond acceptors (Lipinski definition) is 4. The van der Waals surface area contributed by atoms with Gasteiger partial charge in [0, 0.05) is 37.9 Å². The van der Waals surface area contributed by atoms with Gasteiger partial charge in [-0.25, -0.2) is 0 Å². The van der Waals surface area contributed by atoms with Crippen molar-refractivity contribution >= 4 is 11.8 Å². The van der Waals surface area contributed by atoms with Gasteiger partial charge in [-0.1, -0.05) is 72.3 Å². The van der Waals surface area contributed by atoms with E-state index in [1.54, 1.807) is 28.0 Å². The predicted octanol–water partition coefficient (Wildman–Crippen LogP) is 4.21. The lowest BCUT2D eigenvalue weighted by atomic mass is 10.1. The second kappa shape index (κ2) is 10.1. The van der Waals surface area contributed by atoms with Crippen molar-refractivity contribution in [2.24, 2.45) is 0 Å². The van der Waals surface area contributed by atoms with E-state index in [-0.39, 0.29) is 23.1 Å². The van der Waals surface area contributed by atoms with Gasteiger partial charge in [0.05, 0.1) is 17.7 Å². The summed E-state index contributed by atoms with van der Waals surface area (Å²) in [4.78, 5) is 30.0. The highest BCUT2D eigenvalue weighted by Gasteiger charge is 2.29. The van der Waals surface area contributed by atoms with Crippen LogP contribution in [0.5, 0.6) is 5.75 Å². The summed E-state index contributed by atoms with van der Waals surface area (Å²) in [6, 6.07) is 24.6. The van der Waals surface area contributed by atoms with Crippen LogP contribution in [0.4, 0.5) is 0 Å². The molecule has 7 nitrogen and oxygen atoms in total. The molecule has 4 aromatic rings. The average molecular weight is 481 g/mol. The summed E-state index contributed by atoms with van der Waals surface area (Å²) in [6.07, 6.45) is 1.82. The highest BCUT2D eigenvalue weighted by molar-refractivity contribution is 6.00. The van der Waals surface area contributed by atoms with Crippen molar-refractivity contribution in [1.82, 2.24) is 19.6 Å². The number of nitrogens with zero attached hydrogens (tertiary/aromatic N) is 4. The van der Waals surface area contributed by atoms with Crippen LogP contribution in [0.1, 0.15) is 31.8 Å². The zero-order valence-electron chi connectivity index (χ0n) is 20.2. The number of phenols is 1. The van der Waals surface area contributed by atoms with E-state index in [1.165, 1.54) is 6.07 Å². The topological polar surface area (TPSA) is 78.7 Å². The lowest BCUT2D eigenvalue weighted by Gasteiger charge is -2.34. The Balaban J connectivity index is 1.36. The third kappa shape index (κ3) is 4.86. The minimum Gasteiger partial charge on any atom is -0.507 e. The molecule has 1 aromatic heterocycles. The number of amides is 2. The van der Waals surface area contributed by atoms with Gasteiger partial charge in [-0.3, -0.25) is 14.3 Å². The maximum atomic E-state index is 13.7. The minimum atomic E-state index is -0.226. The molecule has 0 spiro atoms. The zero-order chi connectivity index (χ0) is 25.1. The highest BCUT2D eigenvalue weighted by Crippen LogP contribution is 2.25. The van der Waals surface area contributed by atoms with Gasteiger partial charge in [-0.15, -0.1) is 0 Å². The van der Waals surface area contributed by atoms with Crippen molar-refractivity contribution in [3.63, 3.8) is 0 Å². The number of para-hydroxylation sites is 1. The van der Waals surface area contributed by atoms with Gasteiger partial charge >= 0.3 is 0 Å². The number of phenolic OH excluding ortho intramolecular Hbond substituents is 1. The summed E-state index contributed by atoms with van der Waals surface area (Å²) in [5, 5.41) is 14.8. The molecule has 1 aliphatic heterocycles. The maximum absolute atomic E-state index is 13.7. The van der Waals surface area contributed by atoms with E-state index in [9.17, 15) is 14.7 Å². The van der Waals surface area contributed by atoms with E-state index < -0.39 is 0 Å². The van der Waals surface area contributed by atoms with Crippen molar-refractivity contribution in [3.8, 4) is 17.0 Å². The first-order valence-corrected chi connectivity index (χ1v) is 12.0. The molecular weight excluding hydrogens is 452 g/mol. The van der Waals surface area contributed by atoms with Crippen LogP contribution in [-0.4, -0.2) is 62.7 Å². The second-order valence-electron chi connectivity index (χ2n) is 9.04. The van der Waals surface area contributed by atoms with Crippen LogP contribution in [0.2, 0.25) is 0 Å². The van der Waals surface area contributed by atoms with Gasteiger partial charge in [-0.05, 0) is 24.6 Å². The number of benzene rings is 3. The van der Waals surface area contributed by atoms with Crippen LogP contribution in [0.3, 0.4) is 0 Å². The number of piperazine rings is 1. The molecule has 5 rings (SSSR count). The Morgan fingerprint density at radius 1 is 0.778 bits per heavy atom. The van der Waals surface area contributed by atoms with Crippen LogP contribution in [0.25, 0.3) is 11.3 Å². The molecule has 2 amide bonds. The number of carbonyl (C=O) groups excluding carboxylic acids is 2. The van der Waals surface area contributed by atoms with Gasteiger partial charge in [0.2, 0.25) is 0 Å². The van der Waals surface area contributed by atoms with E-state index in [0.717, 1.165) is 16.7 Å². The van der Waals surface area contributed by atoms with Crippen molar-refractivity contribution in [1.29, 1.82) is 0 Å². The normalized spacial score (nSPS) is 13.6. The molecule has 2 heterocycles. The first-order chi connectivity index (χ1) is 17.5. The lowest BCUT2D eigenvalue weighted by molar-refractivity contribution is 0.0534. The van der Waals surface area contributed by atoms with Crippen molar-refractivity contribution in [3.05, 3.63) is 107 Å². The van der Waals surface area contributed by atoms with Gasteiger partial charge in [0.25, 0.3) is 11.8 Å². The van der Waals surface area contributed by atoms with E-state index >= 15 is 0 Å². The van der Waals surface area contributed by atoms with Crippen molar-refractivity contribution in [2.45, 2.75) is 13.5 Å². The van der Waals surface area contributed by atoms with E-state index in [1.807, 2.05) is 72.4 Å². The Morgan fingerprint density at radius 2 is 1.36 bits per heavy atom. The fourth-order valence-corrected chi connectivity index (χ4v) is 4.46. The fourth-order valence-electron chi connectivity index (χ4n) is 4.46. The summed E-state index contributed by atoms with van der Waals surface area (Å²) in [5.74, 6) is -0.356. The average Bonchev–Trinajstić information content (AvgIpc) is 3.33. The molecule has 0 atom stereocenters. The summed E-state index contributed by atoms with van der Waals surface area (Å²) in [6.45, 7) is 4.22. The third-order valence-corrected chi connectivity index (χ3v) is 6.49. The van der Waals surface area contributed by atoms with Crippen molar-refractivity contribution < 1.29 is 14.7 Å². The van der Waals surface area contributed by atoms with E-state index in [2.05, 4.69) is 0 Å². The number of rotatable bonds is 5. The molecule has 0 aliphatic carbocycles. The Kier molecular flexibility index (Phi) is 6.54. The van der Waals surface area contributed by atoms with E-state index in [0.29, 0.717) is 44.0 Å². The fraction of sp³-hybridized carbons (Fsp3) is 0.207. The molecule has 0 unspecified atom stereocenters. The molecule has 182 valence electrons. The molecule has 7 heteroatoms. The number of aromatic hydroxyl groups is 1. The Labute approximate surface area is 210 Å². The van der Waals surface area contributed by atoms with Gasteiger partial charge in [0.1, 0.15) is 11.4 Å². The summed E-state index contributed by atoms with van der Waals surface area (Å²) in [7, 11) is 0. The summed E-state index contributed by atoms with van der Waals surface area (Å²) < 4.78 is 1.82. The van der Waals surface area contributed by atoms with Gasteiger partial charge in [0.15, 0.2) is 0 Å². The second-order valence-corrected chi connectivity index (χ2v) is 9.04. The SMILES string of the molecule is Cc1ccc(-c2nn(Cc3ccccc3)cc2C(=O)N2CCN(C(=O)c3ccccc3O)CC2)cc1. The molecule has 1 saturated heterocycles. The number of aromatic nitrogens is 2. The van der Waals surface area contributed by atoms with Gasteiger partial charge < -0.3 is 14.9 Å². The predicted molar refractivity (Wildman–Crippen MR) is 138 cm³/mol. The molecule has 1 fully saturated rings. The van der Waals surface area contributed by atoms with Gasteiger partial charge in [-0.2, -0.15) is 5.10 Å². The van der Waals surface area contributed by atoms with Crippen molar-refractivity contribution in [2.75, 3.05) is 26.2 Å². The molecule has 3 aromatic carbocycles. The minimum absolute atomic E-state index is 0.0328. The van der Waals surface area contributed by atoms with Crippen LogP contribution in [0.15, 0.2) is 85.1 Å².